The molecule has 1 heterocycles. The summed E-state index contributed by atoms with van der Waals surface area (Å²) in [5.41, 5.74) is 1.01. The van der Waals surface area contributed by atoms with Crippen molar-refractivity contribution in [2.75, 3.05) is 13.7 Å². The number of amides is 4. The molecule has 7 nitrogen and oxygen atoms in total. The van der Waals surface area contributed by atoms with E-state index in [0.717, 1.165) is 24.2 Å². The van der Waals surface area contributed by atoms with Gasteiger partial charge < -0.3 is 15.4 Å². The van der Waals surface area contributed by atoms with E-state index >= 15 is 0 Å². The molecule has 128 valence electrons. The topological polar surface area (TPSA) is 87.7 Å². The first kappa shape index (κ1) is 16.3. The summed E-state index contributed by atoms with van der Waals surface area (Å²) in [7, 11) is 1.60. The van der Waals surface area contributed by atoms with Crippen LogP contribution in [0.4, 0.5) is 4.79 Å². The molecule has 3 rings (SSSR count). The van der Waals surface area contributed by atoms with E-state index in [2.05, 4.69) is 10.6 Å². The van der Waals surface area contributed by atoms with Gasteiger partial charge in [0.25, 0.3) is 5.91 Å². The van der Waals surface area contributed by atoms with Gasteiger partial charge in [0, 0.05) is 12.6 Å². The number of hydrogen-bond donors (Lipinski definition) is 2. The second-order valence-corrected chi connectivity index (χ2v) is 6.14. The fourth-order valence-electron chi connectivity index (χ4n) is 2.66. The molecule has 0 unspecified atom stereocenters. The van der Waals surface area contributed by atoms with Gasteiger partial charge in [0.1, 0.15) is 11.8 Å². The summed E-state index contributed by atoms with van der Waals surface area (Å²) in [5, 5.41) is 5.42. The van der Waals surface area contributed by atoms with Crippen molar-refractivity contribution in [3.05, 3.63) is 29.8 Å². The summed E-state index contributed by atoms with van der Waals surface area (Å²) in [5.74, 6) is 0.239. The zero-order valence-electron chi connectivity index (χ0n) is 13.6. The van der Waals surface area contributed by atoms with Crippen LogP contribution in [0.3, 0.4) is 0 Å². The Morgan fingerprint density at radius 3 is 2.62 bits per heavy atom. The Morgan fingerprint density at radius 1 is 1.29 bits per heavy atom. The smallest absolute Gasteiger partial charge is 0.324 e. The molecule has 1 aliphatic carbocycles. The number of benzene rings is 1. The molecule has 7 heteroatoms. The zero-order chi connectivity index (χ0) is 17.1. The van der Waals surface area contributed by atoms with Gasteiger partial charge in [-0.2, -0.15) is 0 Å². The molecular formula is C17H21N3O4. The molecule has 2 aliphatic rings. The Labute approximate surface area is 140 Å². The summed E-state index contributed by atoms with van der Waals surface area (Å²) >= 11 is 0. The number of rotatable bonds is 7. The average Bonchev–Trinajstić information content (AvgIpc) is 3.34. The Bertz CT molecular complexity index is 640. The van der Waals surface area contributed by atoms with E-state index in [1.807, 2.05) is 24.3 Å². The lowest BCUT2D eigenvalue weighted by atomic mass is 10.1. The van der Waals surface area contributed by atoms with Crippen LogP contribution in [0.2, 0.25) is 0 Å². The lowest BCUT2D eigenvalue weighted by molar-refractivity contribution is -0.130. The van der Waals surface area contributed by atoms with Crippen LogP contribution >= 0.6 is 0 Å². The molecule has 0 radical (unpaired) electrons. The number of urea groups is 1. The van der Waals surface area contributed by atoms with E-state index in [0.29, 0.717) is 6.42 Å². The van der Waals surface area contributed by atoms with Gasteiger partial charge in [0.05, 0.1) is 13.5 Å². The van der Waals surface area contributed by atoms with Crippen LogP contribution < -0.4 is 15.4 Å². The molecule has 2 N–H and O–H groups in total. The van der Waals surface area contributed by atoms with Crippen molar-refractivity contribution < 1.29 is 19.1 Å². The minimum absolute atomic E-state index is 0.000108. The first-order valence-corrected chi connectivity index (χ1v) is 8.11. The van der Waals surface area contributed by atoms with Crippen LogP contribution in [0, 0.1) is 0 Å². The van der Waals surface area contributed by atoms with Gasteiger partial charge in [-0.3, -0.25) is 14.5 Å². The first-order chi connectivity index (χ1) is 11.6. The van der Waals surface area contributed by atoms with Crippen molar-refractivity contribution in [2.45, 2.75) is 37.8 Å². The van der Waals surface area contributed by atoms with E-state index in [1.165, 1.54) is 4.90 Å². The van der Waals surface area contributed by atoms with E-state index in [-0.39, 0.29) is 30.8 Å². The van der Waals surface area contributed by atoms with Crippen LogP contribution in [0.5, 0.6) is 5.75 Å². The molecule has 0 spiro atoms. The van der Waals surface area contributed by atoms with Crippen molar-refractivity contribution in [3.8, 4) is 5.75 Å². The maximum absolute atomic E-state index is 12.3. The van der Waals surface area contributed by atoms with Crippen LogP contribution in [0.25, 0.3) is 0 Å². The van der Waals surface area contributed by atoms with Gasteiger partial charge in [-0.1, -0.05) is 12.1 Å². The number of nitrogens with zero attached hydrogens (tertiary/aromatic N) is 1. The predicted octanol–water partition coefficient (Wildman–Crippen LogP) is 0.827. The second kappa shape index (κ2) is 6.90. The van der Waals surface area contributed by atoms with E-state index < -0.39 is 12.1 Å². The quantitative estimate of drug-likeness (QED) is 0.724. The van der Waals surface area contributed by atoms with Gasteiger partial charge in [-0.15, -0.1) is 0 Å². The number of ether oxygens (including phenoxy) is 1. The molecule has 1 atom stereocenters. The molecule has 1 aliphatic heterocycles. The van der Waals surface area contributed by atoms with Gasteiger partial charge in [0.15, 0.2) is 0 Å². The number of carbonyl (C=O) groups is 3. The zero-order valence-corrected chi connectivity index (χ0v) is 13.6. The standard InChI is InChI=1S/C17H21N3O4/c1-24-13-6-2-11(3-7-13)8-9-20-16(22)14(19-17(20)23)10-15(21)18-12-4-5-12/h2-3,6-7,12,14H,4-5,8-10H2,1H3,(H,18,21)(H,19,23)/t14-/m0/s1. The minimum atomic E-state index is -0.757. The number of methoxy groups -OCH3 is 1. The Hall–Kier alpha value is -2.57. The lowest BCUT2D eigenvalue weighted by Gasteiger charge is -2.13. The van der Waals surface area contributed by atoms with Crippen molar-refractivity contribution >= 4 is 17.8 Å². The van der Waals surface area contributed by atoms with Gasteiger partial charge in [0.2, 0.25) is 5.91 Å². The average molecular weight is 331 g/mol. The number of hydrogen-bond acceptors (Lipinski definition) is 4. The maximum atomic E-state index is 12.3. The van der Waals surface area contributed by atoms with Crippen LogP contribution in [-0.2, 0) is 16.0 Å². The highest BCUT2D eigenvalue weighted by Gasteiger charge is 2.39. The highest BCUT2D eigenvalue weighted by molar-refractivity contribution is 6.05. The van der Waals surface area contributed by atoms with E-state index in [1.54, 1.807) is 7.11 Å². The molecule has 0 bridgehead atoms. The second-order valence-electron chi connectivity index (χ2n) is 6.14. The first-order valence-electron chi connectivity index (χ1n) is 8.11. The normalized spacial score (nSPS) is 20.0. The monoisotopic (exact) mass is 331 g/mol. The number of imide groups is 1. The largest absolute Gasteiger partial charge is 0.497 e. The SMILES string of the molecule is COc1ccc(CCN2C(=O)N[C@@H](CC(=O)NC3CC3)C2=O)cc1. The van der Waals surface area contributed by atoms with Gasteiger partial charge in [-0.25, -0.2) is 4.79 Å². The third-order valence-corrected chi connectivity index (χ3v) is 4.22. The van der Waals surface area contributed by atoms with Crippen LogP contribution in [-0.4, -0.2) is 48.5 Å². The van der Waals surface area contributed by atoms with Gasteiger partial charge >= 0.3 is 6.03 Å². The molecule has 1 saturated heterocycles. The van der Waals surface area contributed by atoms with Crippen molar-refractivity contribution in [1.82, 2.24) is 15.5 Å². The lowest BCUT2D eigenvalue weighted by Crippen LogP contribution is -2.37. The molecule has 1 aromatic rings. The molecule has 1 aromatic carbocycles. The highest BCUT2D eigenvalue weighted by atomic mass is 16.5. The Kier molecular flexibility index (Phi) is 4.69. The third kappa shape index (κ3) is 3.84. The van der Waals surface area contributed by atoms with Crippen molar-refractivity contribution in [1.29, 1.82) is 0 Å². The molecule has 2 fully saturated rings. The fourth-order valence-corrected chi connectivity index (χ4v) is 2.66. The summed E-state index contributed by atoms with van der Waals surface area (Å²) in [6.45, 7) is 0.289. The number of nitrogens with one attached hydrogen (secondary N) is 2. The summed E-state index contributed by atoms with van der Waals surface area (Å²) in [6.07, 6.45) is 2.54. The van der Waals surface area contributed by atoms with Crippen LogP contribution in [0.1, 0.15) is 24.8 Å². The summed E-state index contributed by atoms with van der Waals surface area (Å²) in [4.78, 5) is 37.3. The fraction of sp³-hybridized carbons (Fsp3) is 0.471. The van der Waals surface area contributed by atoms with E-state index in [9.17, 15) is 14.4 Å². The molecule has 1 saturated carbocycles. The molecule has 4 amide bonds. The summed E-state index contributed by atoms with van der Waals surface area (Å²) in [6, 6.07) is 6.54. The minimum Gasteiger partial charge on any atom is -0.497 e. The van der Waals surface area contributed by atoms with Crippen molar-refractivity contribution in [3.63, 3.8) is 0 Å². The predicted molar refractivity (Wildman–Crippen MR) is 86.5 cm³/mol. The molecule has 24 heavy (non-hydrogen) atoms. The number of carbonyl (C=O) groups excluding carboxylic acids is 3. The third-order valence-electron chi connectivity index (χ3n) is 4.22. The van der Waals surface area contributed by atoms with E-state index in [4.69, 9.17) is 4.74 Å². The summed E-state index contributed by atoms with van der Waals surface area (Å²) < 4.78 is 5.10. The van der Waals surface area contributed by atoms with Crippen molar-refractivity contribution in [2.24, 2.45) is 0 Å². The molecule has 0 aromatic heterocycles. The van der Waals surface area contributed by atoms with Crippen LogP contribution in [0.15, 0.2) is 24.3 Å². The maximum Gasteiger partial charge on any atom is 0.324 e. The Morgan fingerprint density at radius 2 is 2.00 bits per heavy atom. The highest BCUT2D eigenvalue weighted by Crippen LogP contribution is 2.19. The molecular weight excluding hydrogens is 310 g/mol. The van der Waals surface area contributed by atoms with Gasteiger partial charge in [-0.05, 0) is 37.0 Å². The Balaban J connectivity index is 1.52.